The Bertz CT molecular complexity index is 1170. The van der Waals surface area contributed by atoms with E-state index in [1.165, 1.54) is 6.92 Å². The fourth-order valence-electron chi connectivity index (χ4n) is 5.07. The molecule has 0 spiro atoms. The summed E-state index contributed by atoms with van der Waals surface area (Å²) >= 11 is 6.02. The van der Waals surface area contributed by atoms with Gasteiger partial charge in [0.1, 0.15) is 22.8 Å². The second kappa shape index (κ2) is 6.22. The average molecular weight is 451 g/mol. The van der Waals surface area contributed by atoms with Crippen molar-refractivity contribution in [2.75, 3.05) is 5.73 Å². The van der Waals surface area contributed by atoms with E-state index in [9.17, 15) is 39.9 Å². The molecule has 3 aliphatic rings. The van der Waals surface area contributed by atoms with E-state index in [-0.39, 0.29) is 28.3 Å². The molecule has 11 heteroatoms. The van der Waals surface area contributed by atoms with Gasteiger partial charge >= 0.3 is 0 Å². The number of hydrogen-bond donors (Lipinski definition) is 7. The van der Waals surface area contributed by atoms with Gasteiger partial charge in [-0.15, -0.1) is 0 Å². The number of Topliss-reactive ketones (excluding diaryl/α,β-unsaturated/α-hetero) is 2. The highest BCUT2D eigenvalue weighted by molar-refractivity contribution is 6.33. The lowest BCUT2D eigenvalue weighted by Gasteiger charge is -2.50. The maximum Gasteiger partial charge on any atom is 0.255 e. The number of amides is 1. The Morgan fingerprint density at radius 2 is 1.84 bits per heavy atom. The largest absolute Gasteiger partial charge is 0.508 e. The Hall–Kier alpha value is -3.08. The van der Waals surface area contributed by atoms with Crippen LogP contribution >= 0.6 is 11.6 Å². The smallest absolute Gasteiger partial charge is 0.255 e. The van der Waals surface area contributed by atoms with Crippen molar-refractivity contribution in [3.8, 4) is 5.75 Å². The summed E-state index contributed by atoms with van der Waals surface area (Å²) in [6.45, 7) is 1.29. The minimum absolute atomic E-state index is 0.0917. The molecular formula is C20H19ClN2O8. The van der Waals surface area contributed by atoms with E-state index in [0.717, 1.165) is 6.07 Å². The van der Waals surface area contributed by atoms with Crippen LogP contribution in [0.2, 0.25) is 5.02 Å². The van der Waals surface area contributed by atoms with Crippen LogP contribution in [0.3, 0.4) is 0 Å². The van der Waals surface area contributed by atoms with Crippen LogP contribution in [-0.2, 0) is 20.0 Å². The summed E-state index contributed by atoms with van der Waals surface area (Å²) < 4.78 is 0. The van der Waals surface area contributed by atoms with Crippen LogP contribution in [-0.4, -0.2) is 48.6 Å². The number of phenolic OH excluding ortho intramolecular Hbond substituents is 1. The molecule has 1 saturated carbocycles. The van der Waals surface area contributed by atoms with E-state index in [0.29, 0.717) is 0 Å². The predicted octanol–water partition coefficient (Wildman–Crippen LogP) is 0.324. The van der Waals surface area contributed by atoms with Crippen molar-refractivity contribution < 1.29 is 39.9 Å². The van der Waals surface area contributed by atoms with Crippen LogP contribution in [0.15, 0.2) is 23.0 Å². The number of aromatic hydroxyl groups is 1. The maximum atomic E-state index is 13.4. The number of halogens is 1. The lowest BCUT2D eigenvalue weighted by atomic mass is 9.55. The molecule has 0 aromatic heterocycles. The number of fused-ring (bicyclic) bond motifs is 3. The lowest BCUT2D eigenvalue weighted by Crippen LogP contribution is -2.60. The summed E-state index contributed by atoms with van der Waals surface area (Å²) in [4.78, 5) is 37.4. The summed E-state index contributed by atoms with van der Waals surface area (Å²) in [5.74, 6) is -8.34. The minimum Gasteiger partial charge on any atom is -0.508 e. The molecule has 164 valence electrons. The summed E-state index contributed by atoms with van der Waals surface area (Å²) in [5.41, 5.74) is 4.48. The molecule has 4 rings (SSSR count). The number of ketones is 2. The van der Waals surface area contributed by atoms with Crippen LogP contribution in [0.4, 0.5) is 5.69 Å². The zero-order valence-corrected chi connectivity index (χ0v) is 16.9. The highest BCUT2D eigenvalue weighted by Gasteiger charge is 2.63. The van der Waals surface area contributed by atoms with Gasteiger partial charge in [0.15, 0.2) is 11.4 Å². The Labute approximate surface area is 180 Å². The van der Waals surface area contributed by atoms with Crippen LogP contribution in [0.5, 0.6) is 5.75 Å². The van der Waals surface area contributed by atoms with Gasteiger partial charge in [0.2, 0.25) is 5.78 Å². The second-order valence-corrected chi connectivity index (χ2v) is 8.65. The monoisotopic (exact) mass is 450 g/mol. The van der Waals surface area contributed by atoms with Crippen molar-refractivity contribution in [1.29, 1.82) is 0 Å². The van der Waals surface area contributed by atoms with Crippen molar-refractivity contribution in [2.24, 2.45) is 17.6 Å². The van der Waals surface area contributed by atoms with E-state index in [1.807, 2.05) is 0 Å². The van der Waals surface area contributed by atoms with Gasteiger partial charge < -0.3 is 37.0 Å². The second-order valence-electron chi connectivity index (χ2n) is 8.25. The number of primary amides is 1. The zero-order chi connectivity index (χ0) is 23.2. The molecule has 0 bridgehead atoms. The van der Waals surface area contributed by atoms with Gasteiger partial charge in [-0.3, -0.25) is 14.4 Å². The van der Waals surface area contributed by atoms with Crippen molar-refractivity contribution in [3.63, 3.8) is 0 Å². The third-order valence-electron chi connectivity index (χ3n) is 6.58. The number of phenols is 1. The van der Waals surface area contributed by atoms with Crippen LogP contribution < -0.4 is 11.5 Å². The summed E-state index contributed by atoms with van der Waals surface area (Å²) in [6.07, 6.45) is -0.753. The Balaban J connectivity index is 2.04. The van der Waals surface area contributed by atoms with Gasteiger partial charge in [0.05, 0.1) is 21.9 Å². The van der Waals surface area contributed by atoms with Crippen LogP contribution in [0.1, 0.15) is 30.9 Å². The van der Waals surface area contributed by atoms with E-state index in [4.69, 9.17) is 23.1 Å². The van der Waals surface area contributed by atoms with Gasteiger partial charge in [0, 0.05) is 35.5 Å². The van der Waals surface area contributed by atoms with Crippen molar-refractivity contribution in [1.82, 2.24) is 0 Å². The van der Waals surface area contributed by atoms with E-state index >= 15 is 0 Å². The molecule has 0 unspecified atom stereocenters. The number of rotatable bonds is 1. The number of nitrogen functional groups attached to an aromatic ring is 1. The van der Waals surface area contributed by atoms with Crippen LogP contribution in [0, 0.1) is 11.8 Å². The standard InChI is InChI=1S/C20H19ClN2O8/c1-19(30)6-2-5-3-8(24)12(18(23)29)17(28)20(5,31)16(27)10(6)15(26)11-9(25)4-7(21)14(22)13(11)19/h4-6,25-26,28,30-31H,2-3,22H2,1H3,(H2,23,29)/t5-,6-,19-,20-/m0/s1. The predicted molar refractivity (Wildman–Crippen MR) is 107 cm³/mol. The number of nitrogens with two attached hydrogens (primary N) is 2. The van der Waals surface area contributed by atoms with Gasteiger partial charge in [-0.1, -0.05) is 11.6 Å². The first kappa shape index (κ1) is 21.2. The first-order valence-corrected chi connectivity index (χ1v) is 9.65. The topological polar surface area (TPSA) is 204 Å². The molecule has 0 aliphatic heterocycles. The normalized spacial score (nSPS) is 32.5. The zero-order valence-electron chi connectivity index (χ0n) is 16.1. The third kappa shape index (κ3) is 2.43. The van der Waals surface area contributed by atoms with Crippen molar-refractivity contribution >= 4 is 40.5 Å². The Morgan fingerprint density at radius 3 is 2.42 bits per heavy atom. The number of hydrogen-bond acceptors (Lipinski definition) is 9. The molecule has 9 N–H and O–H groups in total. The highest BCUT2D eigenvalue weighted by Crippen LogP contribution is 2.58. The SMILES string of the molecule is C[C@@]1(O)c2c(N)c(Cl)cc(O)c2C(O)=C2C(=O)[C@]3(O)C(O)=C(C(N)=O)C(=O)C[C@@H]3C[C@@H]21. The van der Waals surface area contributed by atoms with Gasteiger partial charge in [0.25, 0.3) is 5.91 Å². The van der Waals surface area contributed by atoms with E-state index < -0.39 is 75.3 Å². The number of aliphatic hydroxyl groups is 4. The summed E-state index contributed by atoms with van der Waals surface area (Å²) in [5, 5.41) is 54.2. The van der Waals surface area contributed by atoms with Gasteiger partial charge in [-0.25, -0.2) is 0 Å². The van der Waals surface area contributed by atoms with Crippen LogP contribution in [0.25, 0.3) is 5.76 Å². The minimum atomic E-state index is -2.72. The first-order chi connectivity index (χ1) is 14.3. The third-order valence-corrected chi connectivity index (χ3v) is 6.89. The molecule has 3 aliphatic carbocycles. The molecule has 31 heavy (non-hydrogen) atoms. The summed E-state index contributed by atoms with van der Waals surface area (Å²) in [7, 11) is 0. The number of aliphatic hydroxyl groups excluding tert-OH is 2. The summed E-state index contributed by atoms with van der Waals surface area (Å²) in [6, 6.07) is 1.02. The van der Waals surface area contributed by atoms with E-state index in [1.54, 1.807) is 0 Å². The Kier molecular flexibility index (Phi) is 4.25. The van der Waals surface area contributed by atoms with E-state index in [2.05, 4.69) is 0 Å². The first-order valence-electron chi connectivity index (χ1n) is 9.27. The fraction of sp³-hybridized carbons (Fsp3) is 0.350. The lowest BCUT2D eigenvalue weighted by molar-refractivity contribution is -0.152. The number of carbonyl (C=O) groups excluding carboxylic acids is 3. The number of benzene rings is 1. The maximum absolute atomic E-state index is 13.4. The van der Waals surface area contributed by atoms with Crippen molar-refractivity contribution in [3.05, 3.63) is 39.1 Å². The fourth-order valence-corrected chi connectivity index (χ4v) is 5.26. The molecule has 0 radical (unpaired) electrons. The Morgan fingerprint density at radius 1 is 1.23 bits per heavy atom. The molecule has 4 atom stereocenters. The number of carbonyl (C=O) groups is 3. The quantitative estimate of drug-likeness (QED) is 0.178. The van der Waals surface area contributed by atoms with Crippen molar-refractivity contribution in [2.45, 2.75) is 31.0 Å². The molecule has 0 saturated heterocycles. The molecular weight excluding hydrogens is 432 g/mol. The van der Waals surface area contributed by atoms with Gasteiger partial charge in [-0.05, 0) is 13.3 Å². The molecule has 1 amide bonds. The number of anilines is 1. The van der Waals surface area contributed by atoms with Gasteiger partial charge in [-0.2, -0.15) is 0 Å². The highest BCUT2D eigenvalue weighted by atomic mass is 35.5. The molecule has 1 aromatic rings. The molecule has 10 nitrogen and oxygen atoms in total. The molecule has 1 fully saturated rings. The average Bonchev–Trinajstić information content (AvgIpc) is 2.65. The molecule has 1 aromatic carbocycles. The molecule has 0 heterocycles.